The molecule has 0 radical (unpaired) electrons. The van der Waals surface area contributed by atoms with E-state index in [4.69, 9.17) is 9.47 Å². The van der Waals surface area contributed by atoms with Crippen molar-refractivity contribution in [2.75, 3.05) is 12.4 Å². The Morgan fingerprint density at radius 1 is 1.21 bits per heavy atom. The SMILES string of the molecule is COc1ccccc1CNC(=O)CC1Oc2ccccc2NC1=O. The topological polar surface area (TPSA) is 76.7 Å². The second-order valence-corrected chi connectivity index (χ2v) is 5.38. The van der Waals surface area contributed by atoms with Crippen LogP contribution in [0.15, 0.2) is 48.5 Å². The van der Waals surface area contributed by atoms with E-state index >= 15 is 0 Å². The minimum absolute atomic E-state index is 0.0463. The third-order valence-electron chi connectivity index (χ3n) is 3.75. The van der Waals surface area contributed by atoms with E-state index in [-0.39, 0.29) is 18.2 Å². The second kappa shape index (κ2) is 7.04. The first-order valence-corrected chi connectivity index (χ1v) is 7.62. The predicted octanol–water partition coefficient (Wildman–Crippen LogP) is 2.10. The standard InChI is InChI=1S/C18H18N2O4/c1-23-14-8-4-2-6-12(14)11-19-17(21)10-16-18(22)20-13-7-3-5-9-15(13)24-16/h2-9,16H,10-11H2,1H3,(H,19,21)(H,20,22). The molecule has 0 saturated carbocycles. The van der Waals surface area contributed by atoms with Crippen molar-refractivity contribution in [1.82, 2.24) is 5.32 Å². The van der Waals surface area contributed by atoms with Gasteiger partial charge in [0.25, 0.3) is 5.91 Å². The minimum Gasteiger partial charge on any atom is -0.496 e. The highest BCUT2D eigenvalue weighted by Crippen LogP contribution is 2.29. The molecule has 1 atom stereocenters. The molecule has 24 heavy (non-hydrogen) atoms. The van der Waals surface area contributed by atoms with E-state index in [1.54, 1.807) is 19.2 Å². The molecule has 2 N–H and O–H groups in total. The van der Waals surface area contributed by atoms with Gasteiger partial charge in [-0.3, -0.25) is 9.59 Å². The molecule has 1 aliphatic heterocycles. The summed E-state index contributed by atoms with van der Waals surface area (Å²) in [6.45, 7) is 0.327. The molecule has 2 amide bonds. The summed E-state index contributed by atoms with van der Waals surface area (Å²) in [5.74, 6) is 0.694. The third-order valence-corrected chi connectivity index (χ3v) is 3.75. The van der Waals surface area contributed by atoms with Crippen molar-refractivity contribution in [1.29, 1.82) is 0 Å². The molecule has 3 rings (SSSR count). The van der Waals surface area contributed by atoms with Gasteiger partial charge >= 0.3 is 0 Å². The number of carbonyl (C=O) groups excluding carboxylic acids is 2. The molecule has 0 spiro atoms. The number of benzene rings is 2. The van der Waals surface area contributed by atoms with Crippen LogP contribution >= 0.6 is 0 Å². The monoisotopic (exact) mass is 326 g/mol. The molecule has 1 aliphatic rings. The van der Waals surface area contributed by atoms with Crippen molar-refractivity contribution < 1.29 is 19.1 Å². The van der Waals surface area contributed by atoms with Crippen LogP contribution in [0.25, 0.3) is 0 Å². The predicted molar refractivity (Wildman–Crippen MR) is 88.9 cm³/mol. The van der Waals surface area contributed by atoms with Crippen molar-refractivity contribution in [3.8, 4) is 11.5 Å². The number of anilines is 1. The first-order chi connectivity index (χ1) is 11.7. The zero-order chi connectivity index (χ0) is 16.9. The number of carbonyl (C=O) groups is 2. The summed E-state index contributed by atoms with van der Waals surface area (Å²) >= 11 is 0. The molecule has 0 bridgehead atoms. The van der Waals surface area contributed by atoms with Gasteiger partial charge in [-0.15, -0.1) is 0 Å². The van der Waals surface area contributed by atoms with Crippen LogP contribution in [-0.2, 0) is 16.1 Å². The fourth-order valence-electron chi connectivity index (χ4n) is 2.51. The van der Waals surface area contributed by atoms with E-state index in [1.165, 1.54) is 0 Å². The lowest BCUT2D eigenvalue weighted by Crippen LogP contribution is -2.40. The Kier molecular flexibility index (Phi) is 4.65. The average Bonchev–Trinajstić information content (AvgIpc) is 2.61. The van der Waals surface area contributed by atoms with Gasteiger partial charge < -0.3 is 20.1 Å². The highest BCUT2D eigenvalue weighted by atomic mass is 16.5. The zero-order valence-electron chi connectivity index (χ0n) is 13.2. The molecule has 2 aromatic carbocycles. The third kappa shape index (κ3) is 3.48. The summed E-state index contributed by atoms with van der Waals surface area (Å²) in [5, 5.41) is 5.53. The van der Waals surface area contributed by atoms with E-state index in [9.17, 15) is 9.59 Å². The smallest absolute Gasteiger partial charge is 0.266 e. The van der Waals surface area contributed by atoms with E-state index in [0.29, 0.717) is 23.7 Å². The lowest BCUT2D eigenvalue weighted by molar-refractivity contribution is -0.130. The quantitative estimate of drug-likeness (QED) is 0.882. The number of ether oxygens (including phenoxy) is 2. The van der Waals surface area contributed by atoms with E-state index in [2.05, 4.69) is 10.6 Å². The van der Waals surface area contributed by atoms with Crippen LogP contribution in [0, 0.1) is 0 Å². The van der Waals surface area contributed by atoms with Crippen LogP contribution < -0.4 is 20.1 Å². The maximum Gasteiger partial charge on any atom is 0.266 e. The van der Waals surface area contributed by atoms with Crippen molar-refractivity contribution in [3.05, 3.63) is 54.1 Å². The molecule has 1 unspecified atom stereocenters. The molecule has 0 fully saturated rings. The number of hydrogen-bond donors (Lipinski definition) is 2. The summed E-state index contributed by atoms with van der Waals surface area (Å²) in [6.07, 6.45) is -0.882. The molecule has 1 heterocycles. The number of para-hydroxylation sites is 3. The number of amides is 2. The zero-order valence-corrected chi connectivity index (χ0v) is 13.2. The first kappa shape index (κ1) is 15.9. The van der Waals surface area contributed by atoms with Gasteiger partial charge in [-0.25, -0.2) is 0 Å². The molecular weight excluding hydrogens is 308 g/mol. The van der Waals surface area contributed by atoms with Gasteiger partial charge in [-0.05, 0) is 18.2 Å². The Labute approximate surface area is 139 Å². The number of hydrogen-bond acceptors (Lipinski definition) is 4. The summed E-state index contributed by atoms with van der Waals surface area (Å²) in [7, 11) is 1.58. The Bertz CT molecular complexity index is 760. The van der Waals surface area contributed by atoms with E-state index < -0.39 is 6.10 Å². The summed E-state index contributed by atoms with van der Waals surface area (Å²) in [6, 6.07) is 14.6. The normalized spacial score (nSPS) is 15.7. The second-order valence-electron chi connectivity index (χ2n) is 5.38. The molecular formula is C18H18N2O4. The van der Waals surface area contributed by atoms with E-state index in [0.717, 1.165) is 5.56 Å². The fourth-order valence-corrected chi connectivity index (χ4v) is 2.51. The maximum absolute atomic E-state index is 12.1. The van der Waals surface area contributed by atoms with Crippen molar-refractivity contribution in [2.24, 2.45) is 0 Å². The Balaban J connectivity index is 1.58. The summed E-state index contributed by atoms with van der Waals surface area (Å²) in [5.41, 5.74) is 1.49. The van der Waals surface area contributed by atoms with Gasteiger partial charge in [-0.1, -0.05) is 30.3 Å². The first-order valence-electron chi connectivity index (χ1n) is 7.62. The molecule has 6 heteroatoms. The Morgan fingerprint density at radius 2 is 1.96 bits per heavy atom. The van der Waals surface area contributed by atoms with Crippen LogP contribution in [0.3, 0.4) is 0 Å². The Morgan fingerprint density at radius 3 is 2.79 bits per heavy atom. The molecule has 124 valence electrons. The number of nitrogens with one attached hydrogen (secondary N) is 2. The number of methoxy groups -OCH3 is 1. The molecule has 6 nitrogen and oxygen atoms in total. The number of rotatable bonds is 5. The summed E-state index contributed by atoms with van der Waals surface area (Å²) in [4.78, 5) is 24.2. The maximum atomic E-state index is 12.1. The molecule has 0 aliphatic carbocycles. The van der Waals surface area contributed by atoms with Gasteiger partial charge in [0.1, 0.15) is 11.5 Å². The van der Waals surface area contributed by atoms with Crippen molar-refractivity contribution in [2.45, 2.75) is 19.1 Å². The van der Waals surface area contributed by atoms with Gasteiger partial charge in [0.2, 0.25) is 5.91 Å². The van der Waals surface area contributed by atoms with Gasteiger partial charge in [-0.2, -0.15) is 0 Å². The minimum atomic E-state index is -0.836. The average molecular weight is 326 g/mol. The number of fused-ring (bicyclic) bond motifs is 1. The van der Waals surface area contributed by atoms with Gasteiger partial charge in [0.15, 0.2) is 6.10 Å². The largest absolute Gasteiger partial charge is 0.496 e. The summed E-state index contributed by atoms with van der Waals surface area (Å²) < 4.78 is 10.9. The van der Waals surface area contributed by atoms with Crippen LogP contribution in [-0.4, -0.2) is 25.0 Å². The van der Waals surface area contributed by atoms with Gasteiger partial charge in [0, 0.05) is 12.1 Å². The van der Waals surface area contributed by atoms with Crippen molar-refractivity contribution >= 4 is 17.5 Å². The molecule has 2 aromatic rings. The highest BCUT2D eigenvalue weighted by molar-refractivity contribution is 5.99. The van der Waals surface area contributed by atoms with Crippen LogP contribution in [0.5, 0.6) is 11.5 Å². The van der Waals surface area contributed by atoms with Gasteiger partial charge in [0.05, 0.1) is 19.2 Å². The fraction of sp³-hybridized carbons (Fsp3) is 0.222. The van der Waals surface area contributed by atoms with E-state index in [1.807, 2.05) is 36.4 Å². The molecule has 0 saturated heterocycles. The van der Waals surface area contributed by atoms with Crippen LogP contribution in [0.4, 0.5) is 5.69 Å². The Hall–Kier alpha value is -3.02. The van der Waals surface area contributed by atoms with Crippen LogP contribution in [0.1, 0.15) is 12.0 Å². The van der Waals surface area contributed by atoms with Crippen molar-refractivity contribution in [3.63, 3.8) is 0 Å². The lowest BCUT2D eigenvalue weighted by Gasteiger charge is -2.25. The molecule has 0 aromatic heterocycles. The lowest BCUT2D eigenvalue weighted by atomic mass is 10.1. The van der Waals surface area contributed by atoms with Crippen LogP contribution in [0.2, 0.25) is 0 Å². The highest BCUT2D eigenvalue weighted by Gasteiger charge is 2.29.